The highest BCUT2D eigenvalue weighted by Crippen LogP contribution is 2.26. The second kappa shape index (κ2) is 6.15. The summed E-state index contributed by atoms with van der Waals surface area (Å²) in [7, 11) is 0. The molecule has 0 saturated carbocycles. The number of rotatable bonds is 4. The minimum absolute atomic E-state index is 0.204. The normalized spacial score (nSPS) is 25.2. The minimum atomic E-state index is -0.728. The molecule has 0 spiro atoms. The van der Waals surface area contributed by atoms with Crippen LogP contribution in [0.4, 0.5) is 0 Å². The highest BCUT2D eigenvalue weighted by atomic mass is 16.5. The van der Waals surface area contributed by atoms with Crippen LogP contribution in [-0.2, 0) is 16.1 Å². The lowest BCUT2D eigenvalue weighted by Gasteiger charge is -2.38. The molecule has 1 aromatic rings. The smallest absolute Gasteiger partial charge is 0.222 e. The topological polar surface area (TPSA) is 67.6 Å². The van der Waals surface area contributed by atoms with Crippen molar-refractivity contribution in [1.29, 1.82) is 0 Å². The van der Waals surface area contributed by atoms with E-state index in [9.17, 15) is 9.90 Å². The zero-order valence-corrected chi connectivity index (χ0v) is 12.3. The Morgan fingerprint density at radius 3 is 2.86 bits per heavy atom. The number of aromatic nitrogens is 2. The third-order valence-corrected chi connectivity index (χ3v) is 4.57. The summed E-state index contributed by atoms with van der Waals surface area (Å²) in [6.45, 7) is 3.31. The molecule has 6 nitrogen and oxygen atoms in total. The number of carbonyl (C=O) groups is 1. The van der Waals surface area contributed by atoms with Crippen molar-refractivity contribution < 1.29 is 14.6 Å². The van der Waals surface area contributed by atoms with E-state index in [1.165, 1.54) is 0 Å². The number of aliphatic hydroxyl groups is 1. The number of likely N-dealkylation sites (tertiary alicyclic amines) is 1. The molecule has 2 aliphatic heterocycles. The SMILES string of the molecule is O=C(CC1CCOC1)N1CCC(O)(Cn2ccnc2)CC1. The molecule has 116 valence electrons. The predicted molar refractivity (Wildman–Crippen MR) is 76.5 cm³/mol. The maximum absolute atomic E-state index is 12.3. The van der Waals surface area contributed by atoms with Crippen LogP contribution in [0.1, 0.15) is 25.7 Å². The van der Waals surface area contributed by atoms with Gasteiger partial charge in [-0.1, -0.05) is 0 Å². The second-order valence-corrected chi connectivity index (χ2v) is 6.27. The van der Waals surface area contributed by atoms with Gasteiger partial charge in [0.05, 0.1) is 18.5 Å². The van der Waals surface area contributed by atoms with Gasteiger partial charge in [-0.05, 0) is 25.2 Å². The standard InChI is InChI=1S/C15H23N3O3/c19-14(9-13-1-8-21-10-13)18-5-2-15(20,3-6-18)11-17-7-4-16-12-17/h4,7,12-13,20H,1-3,5-6,8-11H2. The minimum Gasteiger partial charge on any atom is -0.388 e. The molecule has 1 unspecified atom stereocenters. The summed E-state index contributed by atoms with van der Waals surface area (Å²) < 4.78 is 7.21. The quantitative estimate of drug-likeness (QED) is 0.885. The Balaban J connectivity index is 1.48. The molecule has 6 heteroatoms. The van der Waals surface area contributed by atoms with Gasteiger partial charge in [0.1, 0.15) is 0 Å². The Labute approximate surface area is 124 Å². The summed E-state index contributed by atoms with van der Waals surface area (Å²) in [6.07, 6.45) is 8.11. The first kappa shape index (κ1) is 14.5. The summed E-state index contributed by atoms with van der Waals surface area (Å²) in [5, 5.41) is 10.6. The zero-order chi connectivity index (χ0) is 14.7. The Morgan fingerprint density at radius 2 is 2.24 bits per heavy atom. The lowest BCUT2D eigenvalue weighted by molar-refractivity contribution is -0.136. The van der Waals surface area contributed by atoms with Gasteiger partial charge in [-0.3, -0.25) is 4.79 Å². The van der Waals surface area contributed by atoms with E-state index in [-0.39, 0.29) is 5.91 Å². The van der Waals surface area contributed by atoms with Crippen molar-refractivity contribution in [2.24, 2.45) is 5.92 Å². The molecule has 0 bridgehead atoms. The van der Waals surface area contributed by atoms with E-state index < -0.39 is 5.60 Å². The lowest BCUT2D eigenvalue weighted by atomic mass is 9.90. The van der Waals surface area contributed by atoms with E-state index in [1.807, 2.05) is 15.7 Å². The van der Waals surface area contributed by atoms with E-state index in [4.69, 9.17) is 4.74 Å². The number of hydrogen-bond acceptors (Lipinski definition) is 4. The molecule has 1 atom stereocenters. The van der Waals surface area contributed by atoms with Crippen LogP contribution < -0.4 is 0 Å². The molecule has 2 saturated heterocycles. The molecule has 0 aliphatic carbocycles. The van der Waals surface area contributed by atoms with Crippen LogP contribution in [0.15, 0.2) is 18.7 Å². The fourth-order valence-corrected chi connectivity index (χ4v) is 3.17. The summed E-state index contributed by atoms with van der Waals surface area (Å²) >= 11 is 0. The molecule has 0 aromatic carbocycles. The molecular formula is C15H23N3O3. The molecular weight excluding hydrogens is 270 g/mol. The molecule has 21 heavy (non-hydrogen) atoms. The Hall–Kier alpha value is -1.40. The maximum Gasteiger partial charge on any atom is 0.222 e. The van der Waals surface area contributed by atoms with E-state index in [0.717, 1.165) is 13.0 Å². The van der Waals surface area contributed by atoms with Crippen molar-refractivity contribution >= 4 is 5.91 Å². The summed E-state index contributed by atoms with van der Waals surface area (Å²) in [5.41, 5.74) is -0.728. The van der Waals surface area contributed by atoms with Crippen molar-refractivity contribution in [2.45, 2.75) is 37.8 Å². The number of piperidine rings is 1. The number of ether oxygens (including phenoxy) is 1. The highest BCUT2D eigenvalue weighted by molar-refractivity contribution is 5.76. The van der Waals surface area contributed by atoms with Gasteiger partial charge in [-0.2, -0.15) is 0 Å². The van der Waals surface area contributed by atoms with Crippen LogP contribution in [0.3, 0.4) is 0 Å². The molecule has 3 heterocycles. The molecule has 0 radical (unpaired) electrons. The average Bonchev–Trinajstić information content (AvgIpc) is 3.13. The first-order valence-electron chi connectivity index (χ1n) is 7.68. The van der Waals surface area contributed by atoms with E-state index >= 15 is 0 Å². The van der Waals surface area contributed by atoms with Crippen molar-refractivity contribution in [3.63, 3.8) is 0 Å². The van der Waals surface area contributed by atoms with Gasteiger partial charge < -0.3 is 19.3 Å². The van der Waals surface area contributed by atoms with Gasteiger partial charge in [0.2, 0.25) is 5.91 Å². The third-order valence-electron chi connectivity index (χ3n) is 4.57. The van der Waals surface area contributed by atoms with Gasteiger partial charge >= 0.3 is 0 Å². The summed E-state index contributed by atoms with van der Waals surface area (Å²) in [5.74, 6) is 0.583. The van der Waals surface area contributed by atoms with Gasteiger partial charge in [-0.25, -0.2) is 4.98 Å². The zero-order valence-electron chi connectivity index (χ0n) is 12.3. The van der Waals surface area contributed by atoms with Gasteiger partial charge in [0.15, 0.2) is 0 Å². The average molecular weight is 293 g/mol. The first-order chi connectivity index (χ1) is 10.1. The van der Waals surface area contributed by atoms with Gasteiger partial charge in [0, 0.05) is 45.1 Å². The fourth-order valence-electron chi connectivity index (χ4n) is 3.17. The van der Waals surface area contributed by atoms with Crippen molar-refractivity contribution in [3.8, 4) is 0 Å². The Morgan fingerprint density at radius 1 is 1.43 bits per heavy atom. The monoisotopic (exact) mass is 293 g/mol. The van der Waals surface area contributed by atoms with E-state index in [2.05, 4.69) is 4.98 Å². The first-order valence-corrected chi connectivity index (χ1v) is 7.68. The number of amides is 1. The van der Waals surface area contributed by atoms with Crippen molar-refractivity contribution in [1.82, 2.24) is 14.5 Å². The number of hydrogen-bond donors (Lipinski definition) is 1. The van der Waals surface area contributed by atoms with E-state index in [0.29, 0.717) is 51.4 Å². The molecule has 1 amide bonds. The van der Waals surface area contributed by atoms with Crippen LogP contribution in [0.25, 0.3) is 0 Å². The Bertz CT molecular complexity index is 461. The Kier molecular flexibility index (Phi) is 4.26. The summed E-state index contributed by atoms with van der Waals surface area (Å²) in [4.78, 5) is 18.1. The van der Waals surface area contributed by atoms with Crippen LogP contribution in [0, 0.1) is 5.92 Å². The second-order valence-electron chi connectivity index (χ2n) is 6.27. The van der Waals surface area contributed by atoms with Crippen LogP contribution in [0.5, 0.6) is 0 Å². The largest absolute Gasteiger partial charge is 0.388 e. The van der Waals surface area contributed by atoms with Gasteiger partial charge in [0.25, 0.3) is 0 Å². The van der Waals surface area contributed by atoms with Crippen LogP contribution in [-0.4, -0.2) is 57.4 Å². The van der Waals surface area contributed by atoms with E-state index in [1.54, 1.807) is 12.5 Å². The molecule has 3 rings (SSSR count). The third kappa shape index (κ3) is 3.63. The van der Waals surface area contributed by atoms with Gasteiger partial charge in [-0.15, -0.1) is 0 Å². The number of imidazole rings is 1. The summed E-state index contributed by atoms with van der Waals surface area (Å²) in [6, 6.07) is 0. The fraction of sp³-hybridized carbons (Fsp3) is 0.733. The van der Waals surface area contributed by atoms with Crippen LogP contribution in [0.2, 0.25) is 0 Å². The molecule has 1 N–H and O–H groups in total. The molecule has 2 fully saturated rings. The highest BCUT2D eigenvalue weighted by Gasteiger charge is 2.34. The molecule has 2 aliphatic rings. The van der Waals surface area contributed by atoms with Crippen molar-refractivity contribution in [2.75, 3.05) is 26.3 Å². The van der Waals surface area contributed by atoms with Crippen LogP contribution >= 0.6 is 0 Å². The number of nitrogens with zero attached hydrogens (tertiary/aromatic N) is 3. The predicted octanol–water partition coefficient (Wildman–Crippen LogP) is 0.663. The maximum atomic E-state index is 12.3. The van der Waals surface area contributed by atoms with Crippen molar-refractivity contribution in [3.05, 3.63) is 18.7 Å². The lowest BCUT2D eigenvalue weighted by Crippen LogP contribution is -2.48. The number of carbonyl (C=O) groups excluding carboxylic acids is 1. The molecule has 1 aromatic heterocycles.